The Morgan fingerprint density at radius 1 is 0.968 bits per heavy atom. The van der Waals surface area contributed by atoms with Crippen molar-refractivity contribution in [1.82, 2.24) is 0 Å². The molecule has 0 aliphatic rings. The molecule has 6 nitrogen and oxygen atoms in total. The Balaban J connectivity index is 1.91. The van der Waals surface area contributed by atoms with E-state index < -0.39 is 15.9 Å². The lowest BCUT2D eigenvalue weighted by molar-refractivity contribution is 0.102. The van der Waals surface area contributed by atoms with Gasteiger partial charge < -0.3 is 10.1 Å². The van der Waals surface area contributed by atoms with Gasteiger partial charge in [-0.25, -0.2) is 8.42 Å². The molecule has 162 valence electrons. The van der Waals surface area contributed by atoms with Gasteiger partial charge in [-0.15, -0.1) is 0 Å². The highest BCUT2D eigenvalue weighted by atomic mass is 35.5. The number of ether oxygens (including phenoxy) is 1. The number of sulfonamides is 1. The third-order valence-electron chi connectivity index (χ3n) is 4.67. The van der Waals surface area contributed by atoms with Crippen molar-refractivity contribution in [2.24, 2.45) is 0 Å². The number of carbonyl (C=O) groups is 1. The van der Waals surface area contributed by atoms with Gasteiger partial charge in [0.15, 0.2) is 0 Å². The molecule has 0 unspecified atom stereocenters. The molecule has 0 aliphatic heterocycles. The van der Waals surface area contributed by atoms with Crippen molar-refractivity contribution < 1.29 is 17.9 Å². The Kier molecular flexibility index (Phi) is 6.87. The van der Waals surface area contributed by atoms with Crippen LogP contribution in [0, 0.1) is 13.8 Å². The van der Waals surface area contributed by atoms with Gasteiger partial charge in [0.1, 0.15) is 5.75 Å². The van der Waals surface area contributed by atoms with E-state index in [4.69, 9.17) is 16.3 Å². The maximum Gasteiger partial charge on any atom is 0.261 e. The van der Waals surface area contributed by atoms with Gasteiger partial charge in [-0.2, -0.15) is 0 Å². The topological polar surface area (TPSA) is 84.5 Å². The van der Waals surface area contributed by atoms with Crippen LogP contribution in [-0.2, 0) is 10.0 Å². The molecule has 0 spiro atoms. The molecule has 0 bridgehead atoms. The molecule has 2 N–H and O–H groups in total. The fourth-order valence-electron chi connectivity index (χ4n) is 2.87. The summed E-state index contributed by atoms with van der Waals surface area (Å²) in [4.78, 5) is 12.6. The molecule has 0 atom stereocenters. The first kappa shape index (κ1) is 22.7. The van der Waals surface area contributed by atoms with Gasteiger partial charge in [0, 0.05) is 16.3 Å². The van der Waals surface area contributed by atoms with Crippen LogP contribution in [0.2, 0.25) is 5.02 Å². The number of nitrogens with one attached hydrogen (secondary N) is 2. The quantitative estimate of drug-likeness (QED) is 0.495. The number of rotatable bonds is 7. The van der Waals surface area contributed by atoms with Crippen molar-refractivity contribution >= 4 is 38.9 Å². The van der Waals surface area contributed by atoms with Crippen LogP contribution in [0.1, 0.15) is 28.4 Å². The number of carbonyl (C=O) groups excluding carboxylic acids is 1. The lowest BCUT2D eigenvalue weighted by Crippen LogP contribution is -2.16. The highest BCUT2D eigenvalue weighted by Crippen LogP contribution is 2.29. The molecule has 3 rings (SSSR count). The zero-order chi connectivity index (χ0) is 22.6. The molecule has 0 saturated heterocycles. The number of hydrogen-bond donors (Lipinski definition) is 2. The first-order chi connectivity index (χ1) is 14.7. The van der Waals surface area contributed by atoms with Crippen molar-refractivity contribution in [3.63, 3.8) is 0 Å². The Bertz CT molecular complexity index is 1210. The zero-order valence-corrected chi connectivity index (χ0v) is 19.0. The van der Waals surface area contributed by atoms with Crippen LogP contribution >= 0.6 is 11.6 Å². The van der Waals surface area contributed by atoms with Crippen molar-refractivity contribution in [3.05, 3.63) is 82.4 Å². The van der Waals surface area contributed by atoms with E-state index in [9.17, 15) is 13.2 Å². The summed E-state index contributed by atoms with van der Waals surface area (Å²) in [5.74, 6) is -0.0377. The predicted molar refractivity (Wildman–Crippen MR) is 124 cm³/mol. The maximum atomic E-state index is 12.9. The van der Waals surface area contributed by atoms with Crippen LogP contribution in [0.3, 0.4) is 0 Å². The molecule has 0 aliphatic carbocycles. The normalized spacial score (nSPS) is 11.1. The monoisotopic (exact) mass is 458 g/mol. The Morgan fingerprint density at radius 2 is 1.68 bits per heavy atom. The molecule has 0 radical (unpaired) electrons. The molecule has 31 heavy (non-hydrogen) atoms. The number of anilines is 2. The van der Waals surface area contributed by atoms with Crippen LogP contribution in [0.25, 0.3) is 0 Å². The number of amides is 1. The first-order valence-electron chi connectivity index (χ1n) is 9.63. The molecule has 0 aromatic heterocycles. The minimum Gasteiger partial charge on any atom is -0.492 e. The summed E-state index contributed by atoms with van der Waals surface area (Å²) in [6, 6.07) is 16.0. The van der Waals surface area contributed by atoms with Crippen molar-refractivity contribution in [2.75, 3.05) is 16.6 Å². The average molecular weight is 459 g/mol. The van der Waals surface area contributed by atoms with Gasteiger partial charge in [0.2, 0.25) is 0 Å². The van der Waals surface area contributed by atoms with Crippen LogP contribution in [-0.4, -0.2) is 20.9 Å². The van der Waals surface area contributed by atoms with Crippen molar-refractivity contribution in [2.45, 2.75) is 25.7 Å². The predicted octanol–water partition coefficient (Wildman–Crippen LogP) is 5.41. The van der Waals surface area contributed by atoms with Crippen molar-refractivity contribution in [3.8, 4) is 5.75 Å². The molecule has 3 aromatic rings. The molecular weight excluding hydrogens is 436 g/mol. The van der Waals surface area contributed by atoms with E-state index in [1.807, 2.05) is 19.9 Å². The highest BCUT2D eigenvalue weighted by molar-refractivity contribution is 7.92. The Labute approximate surface area is 187 Å². The lowest BCUT2D eigenvalue weighted by Gasteiger charge is -2.15. The minimum absolute atomic E-state index is 0.000544. The van der Waals surface area contributed by atoms with E-state index >= 15 is 0 Å². The van der Waals surface area contributed by atoms with E-state index in [0.29, 0.717) is 28.6 Å². The van der Waals surface area contributed by atoms with Crippen LogP contribution in [0.15, 0.2) is 65.6 Å². The van der Waals surface area contributed by atoms with Crippen LogP contribution < -0.4 is 14.8 Å². The van der Waals surface area contributed by atoms with E-state index in [0.717, 1.165) is 11.1 Å². The minimum atomic E-state index is -3.88. The molecule has 0 heterocycles. The summed E-state index contributed by atoms with van der Waals surface area (Å²) in [5, 5.41) is 3.24. The Morgan fingerprint density at radius 3 is 2.32 bits per heavy atom. The summed E-state index contributed by atoms with van der Waals surface area (Å²) in [5.41, 5.74) is 3.14. The second-order valence-corrected chi connectivity index (χ2v) is 9.08. The number of benzene rings is 3. The third-order valence-corrected chi connectivity index (χ3v) is 6.31. The van der Waals surface area contributed by atoms with E-state index in [1.54, 1.807) is 43.3 Å². The lowest BCUT2D eigenvalue weighted by atomic mass is 10.1. The van der Waals surface area contributed by atoms with Crippen LogP contribution in [0.4, 0.5) is 11.4 Å². The molecule has 0 saturated carbocycles. The maximum absolute atomic E-state index is 12.9. The smallest absolute Gasteiger partial charge is 0.261 e. The third kappa shape index (κ3) is 5.57. The summed E-state index contributed by atoms with van der Waals surface area (Å²) in [6.45, 7) is 6.03. The van der Waals surface area contributed by atoms with Gasteiger partial charge in [-0.1, -0.05) is 17.7 Å². The van der Waals surface area contributed by atoms with Gasteiger partial charge in [-0.3, -0.25) is 9.52 Å². The second-order valence-electron chi connectivity index (χ2n) is 6.96. The van der Waals surface area contributed by atoms with Gasteiger partial charge in [0.25, 0.3) is 15.9 Å². The number of hydrogen-bond acceptors (Lipinski definition) is 4. The van der Waals surface area contributed by atoms with Gasteiger partial charge in [0.05, 0.1) is 17.2 Å². The fraction of sp³-hybridized carbons (Fsp3) is 0.174. The van der Waals surface area contributed by atoms with Gasteiger partial charge >= 0.3 is 0 Å². The number of halogens is 1. The van der Waals surface area contributed by atoms with E-state index in [-0.39, 0.29) is 10.6 Å². The standard InChI is InChI=1S/C23H23ClN2O4S/c1-4-30-22-12-11-20(31(28,29)26-19-10-5-15(2)16(3)13-19)14-21(22)25-23(27)17-6-8-18(24)9-7-17/h5-14,26H,4H2,1-3H3,(H,25,27). The molecule has 1 amide bonds. The van der Waals surface area contributed by atoms with Gasteiger partial charge in [-0.05, 0) is 86.5 Å². The average Bonchev–Trinajstić information content (AvgIpc) is 2.72. The molecular formula is C23H23ClN2O4S. The zero-order valence-electron chi connectivity index (χ0n) is 17.4. The van der Waals surface area contributed by atoms with E-state index in [1.165, 1.54) is 18.2 Å². The molecule has 8 heteroatoms. The fourth-order valence-corrected chi connectivity index (χ4v) is 4.07. The second kappa shape index (κ2) is 9.41. The van der Waals surface area contributed by atoms with Crippen LogP contribution in [0.5, 0.6) is 5.75 Å². The number of aryl methyl sites for hydroxylation is 2. The SMILES string of the molecule is CCOc1ccc(S(=O)(=O)Nc2ccc(C)c(C)c2)cc1NC(=O)c1ccc(Cl)cc1. The summed E-state index contributed by atoms with van der Waals surface area (Å²) >= 11 is 5.87. The summed E-state index contributed by atoms with van der Waals surface area (Å²) in [7, 11) is -3.88. The molecule has 0 fully saturated rings. The summed E-state index contributed by atoms with van der Waals surface area (Å²) < 4.78 is 34.0. The highest BCUT2D eigenvalue weighted by Gasteiger charge is 2.19. The van der Waals surface area contributed by atoms with Crippen molar-refractivity contribution in [1.29, 1.82) is 0 Å². The largest absolute Gasteiger partial charge is 0.492 e. The van der Waals surface area contributed by atoms with E-state index in [2.05, 4.69) is 10.0 Å². The summed E-state index contributed by atoms with van der Waals surface area (Å²) in [6.07, 6.45) is 0. The Hall–Kier alpha value is -3.03. The molecule has 3 aromatic carbocycles. The first-order valence-corrected chi connectivity index (χ1v) is 11.5.